The minimum Gasteiger partial charge on any atom is -0.478 e. The first-order chi connectivity index (χ1) is 9.09. The van der Waals surface area contributed by atoms with Crippen molar-refractivity contribution >= 4 is 11.7 Å². The second-order valence-corrected chi connectivity index (χ2v) is 5.84. The van der Waals surface area contributed by atoms with E-state index in [4.69, 9.17) is 0 Å². The number of rotatable bonds is 2. The number of nitrogens with one attached hydrogen (secondary N) is 1. The summed E-state index contributed by atoms with van der Waals surface area (Å²) in [5, 5.41) is 12.8. The highest BCUT2D eigenvalue weighted by Gasteiger charge is 2.39. The zero-order valence-corrected chi connectivity index (χ0v) is 11.3. The molecule has 1 aromatic carbocycles. The zero-order valence-electron chi connectivity index (χ0n) is 11.3. The number of benzene rings is 1. The van der Waals surface area contributed by atoms with E-state index < -0.39 is 5.97 Å². The topological polar surface area (TPSA) is 49.3 Å². The molecule has 0 unspecified atom stereocenters. The Balaban J connectivity index is 2.13. The Labute approximate surface area is 113 Å². The maximum absolute atomic E-state index is 11.4. The van der Waals surface area contributed by atoms with Crippen molar-refractivity contribution in [2.45, 2.75) is 32.2 Å². The number of carboxylic acid groups (broad SMARTS) is 1. The van der Waals surface area contributed by atoms with Crippen LogP contribution in [0.5, 0.6) is 0 Å². The molecule has 3 rings (SSSR count). The van der Waals surface area contributed by atoms with Gasteiger partial charge in [0.25, 0.3) is 0 Å². The highest BCUT2D eigenvalue weighted by molar-refractivity contribution is 5.95. The molecule has 2 aliphatic rings. The van der Waals surface area contributed by atoms with Crippen molar-refractivity contribution in [1.82, 2.24) is 0 Å². The van der Waals surface area contributed by atoms with Crippen LogP contribution in [-0.2, 0) is 0 Å². The zero-order chi connectivity index (χ0) is 13.6. The summed E-state index contributed by atoms with van der Waals surface area (Å²) < 4.78 is 0. The molecule has 0 saturated carbocycles. The standard InChI is InChI=1S/C16H19NO2/c1-9(2)14-11-6-3-5-10(11)12-7-4-8-13(16(18)19)15(12)17-14/h3-5,7-11,14,17H,6H2,1-2H3,(H,18,19)/t10-,11-,14+/m1/s1. The lowest BCUT2D eigenvalue weighted by atomic mass is 9.75. The number of allylic oxidation sites excluding steroid dienone is 2. The first kappa shape index (κ1) is 12.3. The number of carboxylic acids is 1. The van der Waals surface area contributed by atoms with Gasteiger partial charge >= 0.3 is 5.97 Å². The average molecular weight is 257 g/mol. The smallest absolute Gasteiger partial charge is 0.337 e. The van der Waals surface area contributed by atoms with Crippen LogP contribution in [0.3, 0.4) is 0 Å². The molecule has 3 atom stereocenters. The fraction of sp³-hybridized carbons (Fsp3) is 0.438. The molecule has 1 aliphatic heterocycles. The second-order valence-electron chi connectivity index (χ2n) is 5.84. The number of hydrogen-bond donors (Lipinski definition) is 2. The maximum Gasteiger partial charge on any atom is 0.337 e. The summed E-state index contributed by atoms with van der Waals surface area (Å²) in [5.41, 5.74) is 2.35. The number of hydrogen-bond acceptors (Lipinski definition) is 2. The monoisotopic (exact) mass is 257 g/mol. The Kier molecular flexibility index (Phi) is 2.85. The van der Waals surface area contributed by atoms with Crippen molar-refractivity contribution < 1.29 is 9.90 Å². The highest BCUT2D eigenvalue weighted by atomic mass is 16.4. The normalized spacial score (nSPS) is 27.8. The Morgan fingerprint density at radius 1 is 1.42 bits per heavy atom. The van der Waals surface area contributed by atoms with Gasteiger partial charge in [-0.15, -0.1) is 0 Å². The van der Waals surface area contributed by atoms with E-state index in [1.54, 1.807) is 6.07 Å². The lowest BCUT2D eigenvalue weighted by Gasteiger charge is -2.40. The molecule has 19 heavy (non-hydrogen) atoms. The molecule has 1 heterocycles. The van der Waals surface area contributed by atoms with Gasteiger partial charge in [-0.25, -0.2) is 4.79 Å². The van der Waals surface area contributed by atoms with Gasteiger partial charge in [0, 0.05) is 12.0 Å². The van der Waals surface area contributed by atoms with Crippen LogP contribution < -0.4 is 5.32 Å². The predicted octanol–water partition coefficient (Wildman–Crippen LogP) is 3.49. The SMILES string of the molecule is CC(C)[C@@H]1Nc2c(C(=O)O)cccc2[C@@H]2C=CC[C@H]21. The second kappa shape index (κ2) is 4.41. The first-order valence-electron chi connectivity index (χ1n) is 6.89. The molecule has 100 valence electrons. The molecule has 3 heteroatoms. The van der Waals surface area contributed by atoms with Crippen LogP contribution in [0.25, 0.3) is 0 Å². The van der Waals surface area contributed by atoms with Crippen LogP contribution in [0.1, 0.15) is 42.1 Å². The summed E-state index contributed by atoms with van der Waals surface area (Å²) in [5.74, 6) is 0.550. The van der Waals surface area contributed by atoms with Crippen molar-refractivity contribution in [2.24, 2.45) is 11.8 Å². The van der Waals surface area contributed by atoms with Crippen molar-refractivity contribution in [2.75, 3.05) is 5.32 Å². The number of aromatic carboxylic acids is 1. The minimum absolute atomic E-state index is 0.341. The molecule has 0 bridgehead atoms. The summed E-state index contributed by atoms with van der Waals surface area (Å²) in [6, 6.07) is 5.93. The van der Waals surface area contributed by atoms with Gasteiger partial charge in [0.05, 0.1) is 11.3 Å². The molecule has 3 nitrogen and oxygen atoms in total. The Morgan fingerprint density at radius 3 is 2.89 bits per heavy atom. The summed E-state index contributed by atoms with van der Waals surface area (Å²) in [7, 11) is 0. The number of carbonyl (C=O) groups is 1. The van der Waals surface area contributed by atoms with Crippen LogP contribution in [0.4, 0.5) is 5.69 Å². The van der Waals surface area contributed by atoms with E-state index in [2.05, 4.69) is 37.4 Å². The number of anilines is 1. The molecule has 0 spiro atoms. The van der Waals surface area contributed by atoms with Gasteiger partial charge in [-0.1, -0.05) is 38.1 Å². The summed E-state index contributed by atoms with van der Waals surface area (Å²) in [4.78, 5) is 11.4. The molecule has 0 amide bonds. The van der Waals surface area contributed by atoms with Gasteiger partial charge in [0.1, 0.15) is 0 Å². The molecule has 1 aliphatic carbocycles. The third kappa shape index (κ3) is 1.84. The van der Waals surface area contributed by atoms with Crippen molar-refractivity contribution in [3.63, 3.8) is 0 Å². The van der Waals surface area contributed by atoms with Crippen molar-refractivity contribution in [3.05, 3.63) is 41.5 Å². The molecule has 0 aromatic heterocycles. The van der Waals surface area contributed by atoms with Crippen LogP contribution in [-0.4, -0.2) is 17.1 Å². The van der Waals surface area contributed by atoms with E-state index in [1.165, 1.54) is 0 Å². The lowest BCUT2D eigenvalue weighted by molar-refractivity contribution is 0.0697. The van der Waals surface area contributed by atoms with Gasteiger partial charge < -0.3 is 10.4 Å². The third-order valence-electron chi connectivity index (χ3n) is 4.39. The van der Waals surface area contributed by atoms with Crippen LogP contribution in [0.15, 0.2) is 30.4 Å². The van der Waals surface area contributed by atoms with Crippen LogP contribution in [0.2, 0.25) is 0 Å². The van der Waals surface area contributed by atoms with Gasteiger partial charge in [0.15, 0.2) is 0 Å². The predicted molar refractivity (Wildman–Crippen MR) is 75.6 cm³/mol. The average Bonchev–Trinajstić information content (AvgIpc) is 2.85. The number of fused-ring (bicyclic) bond motifs is 3. The van der Waals surface area contributed by atoms with E-state index in [9.17, 15) is 9.90 Å². The molecular weight excluding hydrogens is 238 g/mol. The first-order valence-corrected chi connectivity index (χ1v) is 6.89. The van der Waals surface area contributed by atoms with Gasteiger partial charge in [-0.2, -0.15) is 0 Å². The molecular formula is C16H19NO2. The fourth-order valence-corrected chi connectivity index (χ4v) is 3.50. The van der Waals surface area contributed by atoms with Crippen molar-refractivity contribution in [3.8, 4) is 0 Å². The molecule has 0 fully saturated rings. The van der Waals surface area contributed by atoms with Crippen molar-refractivity contribution in [1.29, 1.82) is 0 Å². The Morgan fingerprint density at radius 2 is 2.21 bits per heavy atom. The summed E-state index contributed by atoms with van der Waals surface area (Å²) >= 11 is 0. The quantitative estimate of drug-likeness (QED) is 0.797. The molecule has 2 N–H and O–H groups in total. The van der Waals surface area contributed by atoms with Crippen LogP contribution >= 0.6 is 0 Å². The van der Waals surface area contributed by atoms with E-state index in [1.807, 2.05) is 6.07 Å². The van der Waals surface area contributed by atoms with Gasteiger partial charge in [-0.3, -0.25) is 0 Å². The Hall–Kier alpha value is -1.77. The van der Waals surface area contributed by atoms with Gasteiger partial charge in [0.2, 0.25) is 0 Å². The highest BCUT2D eigenvalue weighted by Crippen LogP contribution is 2.47. The summed E-state index contributed by atoms with van der Waals surface area (Å²) in [6.45, 7) is 4.39. The lowest BCUT2D eigenvalue weighted by Crippen LogP contribution is -2.40. The van der Waals surface area contributed by atoms with E-state index in [0.717, 1.165) is 17.7 Å². The Bertz CT molecular complexity index is 548. The van der Waals surface area contributed by atoms with E-state index in [0.29, 0.717) is 29.4 Å². The third-order valence-corrected chi connectivity index (χ3v) is 4.39. The largest absolute Gasteiger partial charge is 0.478 e. The number of para-hydroxylation sites is 1. The maximum atomic E-state index is 11.4. The molecule has 1 aromatic rings. The minimum atomic E-state index is -0.854. The fourth-order valence-electron chi connectivity index (χ4n) is 3.50. The van der Waals surface area contributed by atoms with Gasteiger partial charge in [-0.05, 0) is 29.9 Å². The van der Waals surface area contributed by atoms with E-state index in [-0.39, 0.29) is 0 Å². The van der Waals surface area contributed by atoms with Crippen LogP contribution in [0, 0.1) is 11.8 Å². The molecule has 0 radical (unpaired) electrons. The summed E-state index contributed by atoms with van der Waals surface area (Å²) in [6.07, 6.45) is 5.55. The molecule has 0 saturated heterocycles. The van der Waals surface area contributed by atoms with E-state index >= 15 is 0 Å².